The van der Waals surface area contributed by atoms with Crippen LogP contribution in [-0.2, 0) is 0 Å². The number of hydrogen-bond donors (Lipinski definition) is 2. The summed E-state index contributed by atoms with van der Waals surface area (Å²) in [6, 6.07) is 7.61. The van der Waals surface area contributed by atoms with Crippen molar-refractivity contribution in [3.05, 3.63) is 36.0 Å². The maximum Gasteiger partial charge on any atom is 0.254 e. The number of H-pyrrole nitrogens is 1. The number of nitrogens with one attached hydrogen (secondary N) is 1. The van der Waals surface area contributed by atoms with E-state index in [0.29, 0.717) is 5.56 Å². The minimum Gasteiger partial charge on any atom is -0.394 e. The number of fused-ring (bicyclic) bond motifs is 1. The van der Waals surface area contributed by atoms with Crippen molar-refractivity contribution in [2.75, 3.05) is 13.2 Å². The first-order valence-corrected chi connectivity index (χ1v) is 6.28. The van der Waals surface area contributed by atoms with E-state index in [1.165, 1.54) is 0 Å². The molecule has 4 nitrogen and oxygen atoms in total. The van der Waals surface area contributed by atoms with Gasteiger partial charge in [0.05, 0.1) is 12.6 Å². The second-order valence-electron chi connectivity index (χ2n) is 4.76. The fourth-order valence-corrected chi connectivity index (χ4v) is 2.65. The lowest BCUT2D eigenvalue weighted by molar-refractivity contribution is 0.0678. The van der Waals surface area contributed by atoms with E-state index in [4.69, 9.17) is 0 Å². The summed E-state index contributed by atoms with van der Waals surface area (Å²) in [5, 5.41) is 10.3. The van der Waals surface area contributed by atoms with Crippen LogP contribution >= 0.6 is 0 Å². The largest absolute Gasteiger partial charge is 0.394 e. The molecule has 0 spiro atoms. The fourth-order valence-electron chi connectivity index (χ4n) is 2.65. The average molecular weight is 244 g/mol. The molecule has 1 atom stereocenters. The van der Waals surface area contributed by atoms with E-state index in [0.717, 1.165) is 30.3 Å². The minimum absolute atomic E-state index is 0.0144. The lowest BCUT2D eigenvalue weighted by Crippen LogP contribution is -2.37. The zero-order valence-electron chi connectivity index (χ0n) is 10.1. The van der Waals surface area contributed by atoms with E-state index in [1.807, 2.05) is 30.5 Å². The monoisotopic (exact) mass is 244 g/mol. The molecule has 94 valence electrons. The van der Waals surface area contributed by atoms with E-state index < -0.39 is 0 Å². The van der Waals surface area contributed by atoms with Crippen molar-refractivity contribution >= 4 is 16.8 Å². The Balaban J connectivity index is 1.91. The Hall–Kier alpha value is -1.81. The molecule has 0 aliphatic carbocycles. The molecule has 1 aliphatic rings. The Morgan fingerprint density at radius 3 is 3.17 bits per heavy atom. The van der Waals surface area contributed by atoms with Crippen molar-refractivity contribution in [1.82, 2.24) is 9.88 Å². The number of hydrogen-bond acceptors (Lipinski definition) is 2. The summed E-state index contributed by atoms with van der Waals surface area (Å²) in [6.07, 6.45) is 3.74. The molecule has 1 saturated heterocycles. The lowest BCUT2D eigenvalue weighted by Gasteiger charge is -2.23. The third-order valence-corrected chi connectivity index (χ3v) is 3.65. The Morgan fingerprint density at radius 2 is 2.33 bits per heavy atom. The van der Waals surface area contributed by atoms with Crippen molar-refractivity contribution in [2.45, 2.75) is 18.9 Å². The standard InChI is InChI=1S/C14H16N2O2/c17-9-12-2-1-7-16(12)14(18)11-3-4-13-10(8-11)5-6-15-13/h3-6,8,12,15,17H,1-2,7,9H2. The molecule has 1 unspecified atom stereocenters. The molecule has 18 heavy (non-hydrogen) atoms. The van der Waals surface area contributed by atoms with Gasteiger partial charge in [0.1, 0.15) is 0 Å². The van der Waals surface area contributed by atoms with Gasteiger partial charge in [-0.1, -0.05) is 0 Å². The van der Waals surface area contributed by atoms with Gasteiger partial charge in [-0.3, -0.25) is 4.79 Å². The molecular weight excluding hydrogens is 228 g/mol. The second kappa shape index (κ2) is 4.46. The highest BCUT2D eigenvalue weighted by Crippen LogP contribution is 2.21. The number of benzene rings is 1. The van der Waals surface area contributed by atoms with Crippen LogP contribution in [0, 0.1) is 0 Å². The molecule has 1 aromatic heterocycles. The summed E-state index contributed by atoms with van der Waals surface area (Å²) in [4.78, 5) is 17.3. The first kappa shape index (κ1) is 11.3. The Morgan fingerprint density at radius 1 is 1.44 bits per heavy atom. The molecule has 0 saturated carbocycles. The van der Waals surface area contributed by atoms with Crippen molar-refractivity contribution in [3.8, 4) is 0 Å². The maximum absolute atomic E-state index is 12.4. The first-order valence-electron chi connectivity index (χ1n) is 6.28. The normalized spacial score (nSPS) is 19.6. The first-order chi connectivity index (χ1) is 8.79. The van der Waals surface area contributed by atoms with Gasteiger partial charge in [-0.2, -0.15) is 0 Å². The predicted molar refractivity (Wildman–Crippen MR) is 69.4 cm³/mol. The van der Waals surface area contributed by atoms with Gasteiger partial charge in [0.25, 0.3) is 5.91 Å². The van der Waals surface area contributed by atoms with Crippen molar-refractivity contribution in [1.29, 1.82) is 0 Å². The van der Waals surface area contributed by atoms with Gasteiger partial charge in [-0.15, -0.1) is 0 Å². The van der Waals surface area contributed by atoms with Crippen molar-refractivity contribution in [2.24, 2.45) is 0 Å². The topological polar surface area (TPSA) is 56.3 Å². The number of amides is 1. The van der Waals surface area contributed by atoms with Crippen LogP contribution in [0.3, 0.4) is 0 Å². The summed E-state index contributed by atoms with van der Waals surface area (Å²) < 4.78 is 0. The molecule has 4 heteroatoms. The van der Waals surface area contributed by atoms with E-state index in [9.17, 15) is 9.90 Å². The van der Waals surface area contributed by atoms with Gasteiger partial charge in [-0.05, 0) is 37.1 Å². The predicted octanol–water partition coefficient (Wildman–Crippen LogP) is 1.76. The van der Waals surface area contributed by atoms with Crippen LogP contribution in [0.2, 0.25) is 0 Å². The van der Waals surface area contributed by atoms with Crippen LogP contribution in [0.15, 0.2) is 30.5 Å². The summed E-state index contributed by atoms with van der Waals surface area (Å²) >= 11 is 0. The molecule has 1 amide bonds. The highest BCUT2D eigenvalue weighted by atomic mass is 16.3. The summed E-state index contributed by atoms with van der Waals surface area (Å²) in [6.45, 7) is 0.799. The van der Waals surface area contributed by atoms with Crippen LogP contribution in [0.1, 0.15) is 23.2 Å². The Bertz CT molecular complexity index is 576. The number of aliphatic hydroxyl groups is 1. The number of nitrogens with zero attached hydrogens (tertiary/aromatic N) is 1. The highest BCUT2D eigenvalue weighted by Gasteiger charge is 2.28. The molecule has 0 radical (unpaired) electrons. The Kier molecular flexibility index (Phi) is 2.80. The second-order valence-corrected chi connectivity index (χ2v) is 4.76. The quantitative estimate of drug-likeness (QED) is 0.845. The SMILES string of the molecule is O=C(c1ccc2[nH]ccc2c1)N1CCCC1CO. The van der Waals surface area contributed by atoms with Crippen LogP contribution in [0.4, 0.5) is 0 Å². The molecule has 2 N–H and O–H groups in total. The summed E-state index contributed by atoms with van der Waals surface area (Å²) in [7, 11) is 0. The number of carbonyl (C=O) groups excluding carboxylic acids is 1. The zero-order chi connectivity index (χ0) is 12.5. The van der Waals surface area contributed by atoms with E-state index >= 15 is 0 Å². The van der Waals surface area contributed by atoms with Gasteiger partial charge in [0, 0.05) is 29.2 Å². The number of rotatable bonds is 2. The minimum atomic E-state index is -0.0144. The molecule has 1 aromatic carbocycles. The molecule has 3 rings (SSSR count). The van der Waals surface area contributed by atoms with Gasteiger partial charge < -0.3 is 15.0 Å². The lowest BCUT2D eigenvalue weighted by atomic mass is 10.1. The third kappa shape index (κ3) is 1.78. The van der Waals surface area contributed by atoms with Crippen LogP contribution < -0.4 is 0 Å². The highest BCUT2D eigenvalue weighted by molar-refractivity contribution is 5.98. The van der Waals surface area contributed by atoms with Gasteiger partial charge in [0.15, 0.2) is 0 Å². The van der Waals surface area contributed by atoms with Crippen molar-refractivity contribution < 1.29 is 9.90 Å². The smallest absolute Gasteiger partial charge is 0.254 e. The van der Waals surface area contributed by atoms with E-state index in [2.05, 4.69) is 4.98 Å². The average Bonchev–Trinajstić information content (AvgIpc) is 3.05. The molecule has 0 bridgehead atoms. The number of aliphatic hydroxyl groups excluding tert-OH is 1. The number of likely N-dealkylation sites (tertiary alicyclic amines) is 1. The summed E-state index contributed by atoms with van der Waals surface area (Å²) in [5.41, 5.74) is 1.73. The molecule has 2 heterocycles. The number of aromatic amines is 1. The van der Waals surface area contributed by atoms with Crippen LogP contribution in [-0.4, -0.2) is 40.1 Å². The molecular formula is C14H16N2O2. The zero-order valence-corrected chi connectivity index (χ0v) is 10.1. The Labute approximate surface area is 105 Å². The maximum atomic E-state index is 12.4. The number of aromatic nitrogens is 1. The molecule has 1 fully saturated rings. The van der Waals surface area contributed by atoms with E-state index in [-0.39, 0.29) is 18.6 Å². The van der Waals surface area contributed by atoms with Gasteiger partial charge in [0.2, 0.25) is 0 Å². The van der Waals surface area contributed by atoms with E-state index in [1.54, 1.807) is 4.90 Å². The number of carbonyl (C=O) groups is 1. The third-order valence-electron chi connectivity index (χ3n) is 3.65. The van der Waals surface area contributed by atoms with Gasteiger partial charge >= 0.3 is 0 Å². The summed E-state index contributed by atoms with van der Waals surface area (Å²) in [5.74, 6) is 0.0228. The molecule has 1 aliphatic heterocycles. The fraction of sp³-hybridized carbons (Fsp3) is 0.357. The van der Waals surface area contributed by atoms with Gasteiger partial charge in [-0.25, -0.2) is 0 Å². The molecule has 2 aromatic rings. The van der Waals surface area contributed by atoms with Crippen molar-refractivity contribution in [3.63, 3.8) is 0 Å². The van der Waals surface area contributed by atoms with Crippen LogP contribution in [0.25, 0.3) is 10.9 Å². The van der Waals surface area contributed by atoms with Crippen LogP contribution in [0.5, 0.6) is 0 Å².